The Labute approximate surface area is 189 Å². The van der Waals surface area contributed by atoms with E-state index in [0.717, 1.165) is 5.69 Å². The first kappa shape index (κ1) is 20.0. The maximum absolute atomic E-state index is 6.15. The van der Waals surface area contributed by atoms with Crippen molar-refractivity contribution in [2.24, 2.45) is 0 Å². The monoisotopic (exact) mass is 423 g/mol. The van der Waals surface area contributed by atoms with E-state index in [9.17, 15) is 0 Å². The molecule has 0 unspecified atom stereocenters. The van der Waals surface area contributed by atoms with Gasteiger partial charge in [-0.25, -0.2) is 0 Å². The van der Waals surface area contributed by atoms with Crippen molar-refractivity contribution in [3.05, 3.63) is 112 Å². The first-order chi connectivity index (χ1) is 14.8. The lowest BCUT2D eigenvalue weighted by atomic mass is 9.57. The molecule has 3 aromatic carbocycles. The summed E-state index contributed by atoms with van der Waals surface area (Å²) >= 11 is 6.15. The molecule has 154 valence electrons. The van der Waals surface area contributed by atoms with Gasteiger partial charge in [0.05, 0.1) is 10.7 Å². The fourth-order valence-corrected chi connectivity index (χ4v) is 5.46. The topological polar surface area (TPSA) is 12.9 Å². The van der Waals surface area contributed by atoms with Crippen molar-refractivity contribution in [3.63, 3.8) is 0 Å². The van der Waals surface area contributed by atoms with Crippen LogP contribution in [-0.2, 0) is 10.8 Å². The van der Waals surface area contributed by atoms with Crippen molar-refractivity contribution in [3.8, 4) is 22.4 Å². The summed E-state index contributed by atoms with van der Waals surface area (Å²) in [6.45, 7) is 9.39. The summed E-state index contributed by atoms with van der Waals surface area (Å²) in [5.41, 5.74) is 9.89. The number of pyridine rings is 1. The quantitative estimate of drug-likeness (QED) is 0.318. The number of hydrogen-bond acceptors (Lipinski definition) is 1. The summed E-state index contributed by atoms with van der Waals surface area (Å²) in [6.07, 6.45) is 1.74. The van der Waals surface area contributed by atoms with E-state index in [-0.39, 0.29) is 10.8 Å². The second-order valence-corrected chi connectivity index (χ2v) is 9.87. The van der Waals surface area contributed by atoms with Gasteiger partial charge in [-0.15, -0.1) is 0 Å². The first-order valence-corrected chi connectivity index (χ1v) is 11.1. The van der Waals surface area contributed by atoms with E-state index in [0.29, 0.717) is 5.02 Å². The normalized spacial score (nSPS) is 15.8. The van der Waals surface area contributed by atoms with Gasteiger partial charge in [-0.05, 0) is 45.5 Å². The highest BCUT2D eigenvalue weighted by Gasteiger charge is 2.44. The van der Waals surface area contributed by atoms with E-state index in [4.69, 9.17) is 16.6 Å². The molecule has 31 heavy (non-hydrogen) atoms. The first-order valence-electron chi connectivity index (χ1n) is 10.8. The van der Waals surface area contributed by atoms with Crippen LogP contribution in [-0.4, -0.2) is 4.98 Å². The summed E-state index contributed by atoms with van der Waals surface area (Å²) in [4.78, 5) is 4.70. The average molecular weight is 424 g/mol. The van der Waals surface area contributed by atoms with Gasteiger partial charge in [0.2, 0.25) is 0 Å². The molecule has 2 heteroatoms. The van der Waals surface area contributed by atoms with Gasteiger partial charge in [-0.2, -0.15) is 0 Å². The van der Waals surface area contributed by atoms with Crippen LogP contribution in [0.2, 0.25) is 5.02 Å². The Morgan fingerprint density at radius 3 is 1.74 bits per heavy atom. The molecule has 0 N–H and O–H groups in total. The highest BCUT2D eigenvalue weighted by Crippen LogP contribution is 2.54. The third kappa shape index (κ3) is 3.03. The van der Waals surface area contributed by atoms with Crippen LogP contribution < -0.4 is 0 Å². The van der Waals surface area contributed by atoms with Gasteiger partial charge in [0.1, 0.15) is 0 Å². The molecule has 1 nitrogen and oxygen atoms in total. The Balaban J connectivity index is 1.92. The van der Waals surface area contributed by atoms with Gasteiger partial charge >= 0.3 is 0 Å². The standard InChI is InChI=1S/C29H26ClN/c1-28(2)23-12-8-9-13-24(23)29(3,4)27-22(25-17-14-20(30)18-31-25)16-15-21(26(27)28)19-10-6-5-7-11-19/h5-18H,1-4H3. The second kappa shape index (κ2) is 7.07. The van der Waals surface area contributed by atoms with E-state index >= 15 is 0 Å². The molecule has 5 rings (SSSR count). The number of nitrogens with zero attached hydrogens (tertiary/aromatic N) is 1. The maximum atomic E-state index is 6.15. The fourth-order valence-electron chi connectivity index (χ4n) is 5.35. The zero-order chi connectivity index (χ0) is 21.8. The van der Waals surface area contributed by atoms with E-state index in [1.165, 1.54) is 38.9 Å². The lowest BCUT2D eigenvalue weighted by Gasteiger charge is -2.46. The van der Waals surface area contributed by atoms with E-state index in [1.807, 2.05) is 12.1 Å². The molecule has 0 aliphatic heterocycles. The van der Waals surface area contributed by atoms with Crippen molar-refractivity contribution in [2.75, 3.05) is 0 Å². The fraction of sp³-hybridized carbons (Fsp3) is 0.207. The molecule has 4 aromatic rings. The van der Waals surface area contributed by atoms with Gasteiger partial charge in [0, 0.05) is 22.6 Å². The van der Waals surface area contributed by atoms with Crippen LogP contribution in [0.15, 0.2) is 85.1 Å². The van der Waals surface area contributed by atoms with Crippen LogP contribution in [0.25, 0.3) is 22.4 Å². The molecule has 1 heterocycles. The summed E-state index contributed by atoms with van der Waals surface area (Å²) in [5.74, 6) is 0. The van der Waals surface area contributed by atoms with Crippen LogP contribution in [0.1, 0.15) is 49.9 Å². The molecule has 0 radical (unpaired) electrons. The zero-order valence-corrected chi connectivity index (χ0v) is 19.2. The lowest BCUT2D eigenvalue weighted by Crippen LogP contribution is -2.37. The minimum absolute atomic E-state index is 0.144. The highest BCUT2D eigenvalue weighted by atomic mass is 35.5. The molecular weight excluding hydrogens is 398 g/mol. The van der Waals surface area contributed by atoms with Crippen LogP contribution in [0.5, 0.6) is 0 Å². The lowest BCUT2D eigenvalue weighted by molar-refractivity contribution is 0.523. The van der Waals surface area contributed by atoms with E-state index in [1.54, 1.807) is 6.20 Å². The molecule has 0 spiro atoms. The number of halogens is 1. The third-order valence-electron chi connectivity index (χ3n) is 6.82. The predicted molar refractivity (Wildman–Crippen MR) is 131 cm³/mol. The summed E-state index contributed by atoms with van der Waals surface area (Å²) in [6, 6.07) is 28.1. The minimum atomic E-state index is -0.164. The van der Waals surface area contributed by atoms with Gasteiger partial charge in [0.15, 0.2) is 0 Å². The SMILES string of the molecule is CC1(C)c2ccccc2C(C)(C)c2c(-c3ccc(Cl)cn3)ccc(-c3ccccc3)c21. The maximum Gasteiger partial charge on any atom is 0.0706 e. The molecule has 1 aliphatic carbocycles. The van der Waals surface area contributed by atoms with Gasteiger partial charge < -0.3 is 0 Å². The van der Waals surface area contributed by atoms with Crippen molar-refractivity contribution in [2.45, 2.75) is 38.5 Å². The predicted octanol–water partition coefficient (Wildman–Crippen LogP) is 8.03. The largest absolute Gasteiger partial charge is 0.255 e. The zero-order valence-electron chi connectivity index (χ0n) is 18.4. The molecule has 1 aromatic heterocycles. The average Bonchev–Trinajstić information content (AvgIpc) is 2.78. The number of benzene rings is 3. The van der Waals surface area contributed by atoms with Crippen LogP contribution in [0, 0.1) is 0 Å². The Kier molecular flexibility index (Phi) is 4.57. The second-order valence-electron chi connectivity index (χ2n) is 9.43. The van der Waals surface area contributed by atoms with Crippen molar-refractivity contribution >= 4 is 11.6 Å². The van der Waals surface area contributed by atoms with E-state index in [2.05, 4.69) is 94.4 Å². The Bertz CT molecular complexity index is 1270. The summed E-state index contributed by atoms with van der Waals surface area (Å²) in [5, 5.41) is 0.656. The van der Waals surface area contributed by atoms with Crippen molar-refractivity contribution in [1.82, 2.24) is 4.98 Å². The number of hydrogen-bond donors (Lipinski definition) is 0. The van der Waals surface area contributed by atoms with Crippen LogP contribution >= 0.6 is 11.6 Å². The van der Waals surface area contributed by atoms with Gasteiger partial charge in [0.25, 0.3) is 0 Å². The number of rotatable bonds is 2. The van der Waals surface area contributed by atoms with Crippen molar-refractivity contribution in [1.29, 1.82) is 0 Å². The molecule has 0 fully saturated rings. The van der Waals surface area contributed by atoms with Crippen molar-refractivity contribution < 1.29 is 0 Å². The molecular formula is C29H26ClN. The molecule has 0 atom stereocenters. The Morgan fingerprint density at radius 1 is 0.613 bits per heavy atom. The minimum Gasteiger partial charge on any atom is -0.255 e. The van der Waals surface area contributed by atoms with Gasteiger partial charge in [-0.1, -0.05) is 106 Å². The molecule has 1 aliphatic rings. The number of aromatic nitrogens is 1. The smallest absolute Gasteiger partial charge is 0.0706 e. The Hall–Kier alpha value is -2.90. The van der Waals surface area contributed by atoms with E-state index < -0.39 is 0 Å². The third-order valence-corrected chi connectivity index (χ3v) is 7.04. The van der Waals surface area contributed by atoms with Gasteiger partial charge in [-0.3, -0.25) is 4.98 Å². The summed E-state index contributed by atoms with van der Waals surface area (Å²) in [7, 11) is 0. The molecule has 0 saturated heterocycles. The molecule has 0 amide bonds. The molecule has 0 saturated carbocycles. The Morgan fingerprint density at radius 2 is 1.16 bits per heavy atom. The van der Waals surface area contributed by atoms with Crippen LogP contribution in [0.3, 0.4) is 0 Å². The highest BCUT2D eigenvalue weighted by molar-refractivity contribution is 6.30. The van der Waals surface area contributed by atoms with Crippen LogP contribution in [0.4, 0.5) is 0 Å². The number of fused-ring (bicyclic) bond motifs is 2. The summed E-state index contributed by atoms with van der Waals surface area (Å²) < 4.78 is 0. The molecule has 0 bridgehead atoms.